The first-order valence-corrected chi connectivity index (χ1v) is 10.4. The summed E-state index contributed by atoms with van der Waals surface area (Å²) in [6.45, 7) is 3.50. The zero-order valence-electron chi connectivity index (χ0n) is 16.6. The summed E-state index contributed by atoms with van der Waals surface area (Å²) in [4.78, 5) is 42.4. The highest BCUT2D eigenvalue weighted by molar-refractivity contribution is 7.17. The number of fused-ring (bicyclic) bond motifs is 1. The smallest absolute Gasteiger partial charge is 0.337 e. The quantitative estimate of drug-likeness (QED) is 0.564. The molecule has 0 aliphatic heterocycles. The molecule has 3 rings (SSSR count). The van der Waals surface area contributed by atoms with E-state index in [0.29, 0.717) is 40.0 Å². The number of methoxy groups -OCH3 is 1. The number of hydrogen-bond donors (Lipinski definition) is 2. The van der Waals surface area contributed by atoms with Crippen molar-refractivity contribution in [1.29, 1.82) is 0 Å². The second kappa shape index (κ2) is 8.85. The number of carboxylic acid groups (broad SMARTS) is 1. The third-order valence-electron chi connectivity index (χ3n) is 4.60. The van der Waals surface area contributed by atoms with E-state index < -0.39 is 23.5 Å². The second-order valence-corrected chi connectivity index (χ2v) is 7.87. The van der Waals surface area contributed by atoms with E-state index in [1.165, 1.54) is 17.1 Å². The molecule has 2 aromatic heterocycles. The lowest BCUT2D eigenvalue weighted by molar-refractivity contribution is -0.118. The minimum absolute atomic E-state index is 0.0134. The molecule has 0 aliphatic carbocycles. The fourth-order valence-electron chi connectivity index (χ4n) is 3.11. The standard InChI is InChI=1S/C20H20ClN3O5S/c1-4-5-15-23-18-16(12(9-30-18)20(27)28)19(26)24(15)10(2)17(25)22-11-6-7-14(29-3)13(21)8-11/h6-10H,4-5H2,1-3H3,(H,22,25)(H,27,28). The van der Waals surface area contributed by atoms with E-state index in [4.69, 9.17) is 16.3 Å². The minimum atomic E-state index is -1.21. The Hall–Kier alpha value is -2.91. The van der Waals surface area contributed by atoms with Crippen LogP contribution in [0.4, 0.5) is 5.69 Å². The third kappa shape index (κ3) is 4.03. The molecule has 0 fully saturated rings. The summed E-state index contributed by atoms with van der Waals surface area (Å²) in [5.41, 5.74) is -0.213. The van der Waals surface area contributed by atoms with Gasteiger partial charge in [0.1, 0.15) is 22.4 Å². The molecule has 1 amide bonds. The predicted octanol–water partition coefficient (Wildman–Crippen LogP) is 3.97. The maximum Gasteiger partial charge on any atom is 0.337 e. The normalized spacial score (nSPS) is 12.0. The number of hydrogen-bond acceptors (Lipinski definition) is 6. The van der Waals surface area contributed by atoms with E-state index in [2.05, 4.69) is 10.3 Å². The molecule has 1 aromatic carbocycles. The van der Waals surface area contributed by atoms with Crippen molar-refractivity contribution in [3.8, 4) is 5.75 Å². The Morgan fingerprint density at radius 3 is 2.73 bits per heavy atom. The zero-order chi connectivity index (χ0) is 22.0. The van der Waals surface area contributed by atoms with Gasteiger partial charge in [0.05, 0.1) is 23.1 Å². The summed E-state index contributed by atoms with van der Waals surface area (Å²) in [6, 6.07) is 3.88. The number of halogens is 1. The van der Waals surface area contributed by atoms with Crippen molar-refractivity contribution in [2.75, 3.05) is 12.4 Å². The van der Waals surface area contributed by atoms with Crippen LogP contribution in [-0.4, -0.2) is 33.6 Å². The van der Waals surface area contributed by atoms with Crippen molar-refractivity contribution >= 4 is 50.7 Å². The first kappa shape index (κ1) is 21.8. The van der Waals surface area contributed by atoms with Crippen molar-refractivity contribution in [1.82, 2.24) is 9.55 Å². The maximum atomic E-state index is 13.2. The maximum absolute atomic E-state index is 13.2. The number of nitrogens with zero attached hydrogens (tertiary/aromatic N) is 2. The number of carboxylic acids is 1. The molecule has 30 heavy (non-hydrogen) atoms. The van der Waals surface area contributed by atoms with Crippen LogP contribution < -0.4 is 15.6 Å². The number of thiophene rings is 1. The Bertz CT molecular complexity index is 1190. The van der Waals surface area contributed by atoms with Crippen LogP contribution in [0.3, 0.4) is 0 Å². The fraction of sp³-hybridized carbons (Fsp3) is 0.300. The van der Waals surface area contributed by atoms with Crippen molar-refractivity contribution in [3.63, 3.8) is 0 Å². The Labute approximate surface area is 181 Å². The highest BCUT2D eigenvalue weighted by Crippen LogP contribution is 2.28. The van der Waals surface area contributed by atoms with Gasteiger partial charge in [-0.15, -0.1) is 11.3 Å². The molecule has 3 aromatic rings. The van der Waals surface area contributed by atoms with Crippen LogP contribution in [0.2, 0.25) is 5.02 Å². The lowest BCUT2D eigenvalue weighted by Gasteiger charge is -2.19. The van der Waals surface area contributed by atoms with E-state index in [1.807, 2.05) is 6.92 Å². The molecule has 2 heterocycles. The molecule has 0 saturated heterocycles. The van der Waals surface area contributed by atoms with Crippen molar-refractivity contribution in [3.05, 3.63) is 50.3 Å². The minimum Gasteiger partial charge on any atom is -0.495 e. The average molecular weight is 450 g/mol. The van der Waals surface area contributed by atoms with Gasteiger partial charge < -0.3 is 15.2 Å². The molecule has 158 valence electrons. The summed E-state index contributed by atoms with van der Waals surface area (Å²) in [5.74, 6) is -0.759. The van der Waals surface area contributed by atoms with E-state index >= 15 is 0 Å². The fourth-order valence-corrected chi connectivity index (χ4v) is 4.29. The Kier molecular flexibility index (Phi) is 6.42. The molecule has 8 nitrogen and oxygen atoms in total. The van der Waals surface area contributed by atoms with Crippen molar-refractivity contribution in [2.45, 2.75) is 32.7 Å². The number of anilines is 1. The van der Waals surface area contributed by atoms with Crippen LogP contribution in [0.15, 0.2) is 28.4 Å². The van der Waals surface area contributed by atoms with Gasteiger partial charge in [0.25, 0.3) is 5.56 Å². The van der Waals surface area contributed by atoms with Gasteiger partial charge in [-0.05, 0) is 31.5 Å². The van der Waals surface area contributed by atoms with Gasteiger partial charge in [-0.1, -0.05) is 18.5 Å². The number of rotatable bonds is 7. The molecule has 10 heteroatoms. The van der Waals surface area contributed by atoms with Gasteiger partial charge in [-0.25, -0.2) is 9.78 Å². The summed E-state index contributed by atoms with van der Waals surface area (Å²) in [7, 11) is 1.49. The molecule has 0 spiro atoms. The summed E-state index contributed by atoms with van der Waals surface area (Å²) >= 11 is 7.21. The first-order chi connectivity index (χ1) is 14.3. The van der Waals surface area contributed by atoms with Gasteiger partial charge in [0.2, 0.25) is 5.91 Å². The predicted molar refractivity (Wildman–Crippen MR) is 116 cm³/mol. The highest BCUT2D eigenvalue weighted by atomic mass is 35.5. The van der Waals surface area contributed by atoms with Gasteiger partial charge in [0.15, 0.2) is 0 Å². The van der Waals surface area contributed by atoms with Crippen LogP contribution in [-0.2, 0) is 11.2 Å². The summed E-state index contributed by atoms with van der Waals surface area (Å²) < 4.78 is 6.37. The van der Waals surface area contributed by atoms with Gasteiger partial charge >= 0.3 is 5.97 Å². The monoisotopic (exact) mass is 449 g/mol. The van der Waals surface area contributed by atoms with Crippen LogP contribution >= 0.6 is 22.9 Å². The molecular formula is C20H20ClN3O5S. The van der Waals surface area contributed by atoms with Crippen LogP contribution in [0.5, 0.6) is 5.75 Å². The van der Waals surface area contributed by atoms with E-state index in [1.54, 1.807) is 25.1 Å². The Morgan fingerprint density at radius 1 is 1.40 bits per heavy atom. The number of ether oxygens (including phenoxy) is 1. The number of nitrogens with one attached hydrogen (secondary N) is 1. The highest BCUT2D eigenvalue weighted by Gasteiger charge is 2.25. The topological polar surface area (TPSA) is 111 Å². The van der Waals surface area contributed by atoms with Crippen LogP contribution in [0.25, 0.3) is 10.2 Å². The van der Waals surface area contributed by atoms with Gasteiger partial charge in [-0.3, -0.25) is 14.2 Å². The van der Waals surface area contributed by atoms with Crippen LogP contribution in [0.1, 0.15) is 42.5 Å². The second-order valence-electron chi connectivity index (χ2n) is 6.60. The lowest BCUT2D eigenvalue weighted by Crippen LogP contribution is -2.35. The largest absolute Gasteiger partial charge is 0.495 e. The third-order valence-corrected chi connectivity index (χ3v) is 5.77. The molecule has 2 N–H and O–H groups in total. The molecule has 1 atom stereocenters. The molecular weight excluding hydrogens is 430 g/mol. The first-order valence-electron chi connectivity index (χ1n) is 9.18. The van der Waals surface area contributed by atoms with Crippen molar-refractivity contribution in [2.24, 2.45) is 0 Å². The molecule has 0 bridgehead atoms. The van der Waals surface area contributed by atoms with Crippen LogP contribution in [0, 0.1) is 0 Å². The molecule has 0 saturated carbocycles. The zero-order valence-corrected chi connectivity index (χ0v) is 18.1. The number of benzene rings is 1. The SMILES string of the molecule is CCCc1nc2scc(C(=O)O)c2c(=O)n1C(C)C(=O)Nc1ccc(OC)c(Cl)c1. The van der Waals surface area contributed by atoms with E-state index in [0.717, 1.165) is 11.3 Å². The van der Waals surface area contributed by atoms with Gasteiger partial charge in [-0.2, -0.15) is 0 Å². The van der Waals surface area contributed by atoms with E-state index in [9.17, 15) is 19.5 Å². The number of aromatic nitrogens is 2. The van der Waals surface area contributed by atoms with Gasteiger partial charge in [0, 0.05) is 17.5 Å². The lowest BCUT2D eigenvalue weighted by atomic mass is 10.2. The molecule has 0 radical (unpaired) electrons. The summed E-state index contributed by atoms with van der Waals surface area (Å²) in [6.07, 6.45) is 1.18. The molecule has 0 aliphatic rings. The molecule has 1 unspecified atom stereocenters. The number of carbonyl (C=O) groups excluding carboxylic acids is 1. The summed E-state index contributed by atoms with van der Waals surface area (Å²) in [5, 5.41) is 13.9. The number of carbonyl (C=O) groups is 2. The average Bonchev–Trinajstić information content (AvgIpc) is 3.13. The number of aromatic carboxylic acids is 1. The Balaban J connectivity index is 2.04. The number of amides is 1. The Morgan fingerprint density at radius 2 is 2.13 bits per heavy atom. The van der Waals surface area contributed by atoms with Crippen molar-refractivity contribution < 1.29 is 19.4 Å². The number of aryl methyl sites for hydroxylation is 1. The van der Waals surface area contributed by atoms with E-state index in [-0.39, 0.29) is 10.9 Å².